The number of hydrogen-bond acceptors (Lipinski definition) is 1. The van der Waals surface area contributed by atoms with Crippen molar-refractivity contribution >= 4 is 5.91 Å². The lowest BCUT2D eigenvalue weighted by Gasteiger charge is -2.30. The molecule has 0 aromatic carbocycles. The smallest absolute Gasteiger partial charge is 0.225 e. The molecule has 2 aliphatic rings. The number of amides is 1. The number of carbonyl (C=O) groups excluding carboxylic acids is 1. The molecule has 2 fully saturated rings. The van der Waals surface area contributed by atoms with E-state index in [-0.39, 0.29) is 0 Å². The van der Waals surface area contributed by atoms with Gasteiger partial charge >= 0.3 is 0 Å². The quantitative estimate of drug-likeness (QED) is 0.685. The summed E-state index contributed by atoms with van der Waals surface area (Å²) in [4.78, 5) is 14.5. The summed E-state index contributed by atoms with van der Waals surface area (Å²) in [6.07, 6.45) is 4.76. The molecule has 0 aromatic heterocycles. The van der Waals surface area contributed by atoms with E-state index in [1.165, 1.54) is 12.8 Å². The molecule has 17 heavy (non-hydrogen) atoms. The van der Waals surface area contributed by atoms with Crippen molar-refractivity contribution in [1.29, 1.82) is 0 Å². The summed E-state index contributed by atoms with van der Waals surface area (Å²) in [6, 6.07) is 0. The Labute approximate surface area is 106 Å². The molecule has 0 bridgehead atoms. The fourth-order valence-corrected chi connectivity index (χ4v) is 3.71. The molecule has 2 nitrogen and oxygen atoms in total. The van der Waals surface area contributed by atoms with E-state index in [4.69, 9.17) is 0 Å². The van der Waals surface area contributed by atoms with Gasteiger partial charge in [-0.05, 0) is 30.1 Å². The highest BCUT2D eigenvalue weighted by Gasteiger charge is 2.40. The zero-order valence-electron chi connectivity index (χ0n) is 11.8. The highest BCUT2D eigenvalue weighted by atomic mass is 16.2. The standard InChI is InChI=1S/C15H27NO/c1-11-9-16(10-13(11)15(2,3)4)14(17)12-7-5-6-8-12/h11-13H,5-10H2,1-4H3. The maximum atomic E-state index is 12.4. The van der Waals surface area contributed by atoms with Crippen molar-refractivity contribution < 1.29 is 4.79 Å². The maximum Gasteiger partial charge on any atom is 0.225 e. The van der Waals surface area contributed by atoms with Crippen LogP contribution in [0.2, 0.25) is 0 Å². The normalized spacial score (nSPS) is 31.2. The van der Waals surface area contributed by atoms with Gasteiger partial charge in [-0.15, -0.1) is 0 Å². The Hall–Kier alpha value is -0.530. The summed E-state index contributed by atoms with van der Waals surface area (Å²) in [7, 11) is 0. The molecular formula is C15H27NO. The Kier molecular flexibility index (Phi) is 3.51. The zero-order valence-corrected chi connectivity index (χ0v) is 11.8. The summed E-state index contributed by atoms with van der Waals surface area (Å²) in [5.41, 5.74) is 0.324. The third-order valence-electron chi connectivity index (χ3n) is 4.74. The Morgan fingerprint density at radius 3 is 2.18 bits per heavy atom. The molecule has 2 rings (SSSR count). The molecule has 1 heterocycles. The first-order chi connectivity index (χ1) is 7.89. The minimum atomic E-state index is 0.324. The lowest BCUT2D eigenvalue weighted by atomic mass is 9.76. The van der Waals surface area contributed by atoms with Gasteiger partial charge in [0.25, 0.3) is 0 Å². The van der Waals surface area contributed by atoms with E-state index < -0.39 is 0 Å². The van der Waals surface area contributed by atoms with Gasteiger partial charge in [-0.2, -0.15) is 0 Å². The van der Waals surface area contributed by atoms with E-state index in [0.717, 1.165) is 25.9 Å². The fourth-order valence-electron chi connectivity index (χ4n) is 3.71. The fraction of sp³-hybridized carbons (Fsp3) is 0.933. The molecule has 1 saturated carbocycles. The molecule has 1 amide bonds. The summed E-state index contributed by atoms with van der Waals surface area (Å²) in [5, 5.41) is 0. The topological polar surface area (TPSA) is 20.3 Å². The molecule has 2 atom stereocenters. The van der Waals surface area contributed by atoms with Crippen LogP contribution in [0.25, 0.3) is 0 Å². The molecule has 0 aromatic rings. The van der Waals surface area contributed by atoms with Crippen LogP contribution in [0.4, 0.5) is 0 Å². The van der Waals surface area contributed by atoms with E-state index in [1.54, 1.807) is 0 Å². The first kappa shape index (κ1) is 12.9. The predicted molar refractivity (Wildman–Crippen MR) is 70.6 cm³/mol. The zero-order chi connectivity index (χ0) is 12.6. The van der Waals surface area contributed by atoms with Crippen molar-refractivity contribution in [3.05, 3.63) is 0 Å². The minimum Gasteiger partial charge on any atom is -0.342 e. The lowest BCUT2D eigenvalue weighted by Crippen LogP contribution is -2.34. The Morgan fingerprint density at radius 1 is 1.12 bits per heavy atom. The summed E-state index contributed by atoms with van der Waals surface area (Å²) in [5.74, 6) is 2.11. The lowest BCUT2D eigenvalue weighted by molar-refractivity contribution is -0.134. The van der Waals surface area contributed by atoms with Crippen molar-refractivity contribution in [2.75, 3.05) is 13.1 Å². The van der Waals surface area contributed by atoms with Gasteiger partial charge in [0.15, 0.2) is 0 Å². The second-order valence-corrected chi connectivity index (χ2v) is 7.17. The van der Waals surface area contributed by atoms with Crippen LogP contribution in [0.15, 0.2) is 0 Å². The van der Waals surface area contributed by atoms with Gasteiger partial charge in [-0.3, -0.25) is 4.79 Å². The van der Waals surface area contributed by atoms with Gasteiger partial charge in [0, 0.05) is 19.0 Å². The molecule has 1 aliphatic heterocycles. The minimum absolute atomic E-state index is 0.324. The van der Waals surface area contributed by atoms with Crippen molar-refractivity contribution in [3.63, 3.8) is 0 Å². The average molecular weight is 237 g/mol. The molecule has 2 unspecified atom stereocenters. The van der Waals surface area contributed by atoms with Crippen LogP contribution in [0.5, 0.6) is 0 Å². The summed E-state index contributed by atoms with van der Waals surface area (Å²) >= 11 is 0. The second-order valence-electron chi connectivity index (χ2n) is 7.17. The number of rotatable bonds is 1. The predicted octanol–water partition coefficient (Wildman–Crippen LogP) is 3.32. The van der Waals surface area contributed by atoms with E-state index in [0.29, 0.717) is 29.1 Å². The molecule has 98 valence electrons. The van der Waals surface area contributed by atoms with Crippen LogP contribution in [-0.4, -0.2) is 23.9 Å². The van der Waals surface area contributed by atoms with Gasteiger partial charge in [0.05, 0.1) is 0 Å². The van der Waals surface area contributed by atoms with Gasteiger partial charge in [0.1, 0.15) is 0 Å². The third-order valence-corrected chi connectivity index (χ3v) is 4.74. The molecule has 0 spiro atoms. The maximum absolute atomic E-state index is 12.4. The van der Waals surface area contributed by atoms with E-state index in [1.807, 2.05) is 0 Å². The molecule has 0 N–H and O–H groups in total. The van der Waals surface area contributed by atoms with Crippen molar-refractivity contribution in [3.8, 4) is 0 Å². The van der Waals surface area contributed by atoms with E-state index >= 15 is 0 Å². The number of hydrogen-bond donors (Lipinski definition) is 0. The largest absolute Gasteiger partial charge is 0.342 e. The summed E-state index contributed by atoms with van der Waals surface area (Å²) < 4.78 is 0. The average Bonchev–Trinajstić information content (AvgIpc) is 2.83. The van der Waals surface area contributed by atoms with Crippen molar-refractivity contribution in [1.82, 2.24) is 4.90 Å². The van der Waals surface area contributed by atoms with E-state index in [2.05, 4.69) is 32.6 Å². The van der Waals surface area contributed by atoms with E-state index in [9.17, 15) is 4.79 Å². The van der Waals surface area contributed by atoms with Gasteiger partial charge < -0.3 is 4.90 Å². The Bertz CT molecular complexity index is 286. The SMILES string of the molecule is CC1CN(C(=O)C2CCCC2)CC1C(C)(C)C. The number of likely N-dealkylation sites (tertiary alicyclic amines) is 1. The van der Waals surface area contributed by atoms with Crippen LogP contribution >= 0.6 is 0 Å². The molecule has 2 heteroatoms. The molecule has 1 aliphatic carbocycles. The first-order valence-corrected chi connectivity index (χ1v) is 7.18. The molecule has 0 radical (unpaired) electrons. The van der Waals surface area contributed by atoms with Gasteiger partial charge in [-0.25, -0.2) is 0 Å². The number of nitrogens with zero attached hydrogens (tertiary/aromatic N) is 1. The van der Waals surface area contributed by atoms with Crippen molar-refractivity contribution in [2.24, 2.45) is 23.2 Å². The van der Waals surface area contributed by atoms with Crippen LogP contribution < -0.4 is 0 Å². The van der Waals surface area contributed by atoms with Gasteiger partial charge in [0.2, 0.25) is 5.91 Å². The highest BCUT2D eigenvalue weighted by molar-refractivity contribution is 5.79. The molecule has 1 saturated heterocycles. The van der Waals surface area contributed by atoms with Crippen LogP contribution in [0.1, 0.15) is 53.4 Å². The Morgan fingerprint density at radius 2 is 1.71 bits per heavy atom. The highest BCUT2D eigenvalue weighted by Crippen LogP contribution is 2.39. The van der Waals surface area contributed by atoms with Crippen LogP contribution in [0, 0.1) is 23.2 Å². The van der Waals surface area contributed by atoms with Crippen LogP contribution in [-0.2, 0) is 4.79 Å². The molecular weight excluding hydrogens is 210 g/mol. The summed E-state index contributed by atoms with van der Waals surface area (Å²) in [6.45, 7) is 11.2. The monoisotopic (exact) mass is 237 g/mol. The first-order valence-electron chi connectivity index (χ1n) is 7.18. The van der Waals surface area contributed by atoms with Gasteiger partial charge in [-0.1, -0.05) is 40.5 Å². The third kappa shape index (κ3) is 2.66. The second kappa shape index (κ2) is 4.62. The van der Waals surface area contributed by atoms with Crippen LogP contribution in [0.3, 0.4) is 0 Å². The number of carbonyl (C=O) groups is 1. The van der Waals surface area contributed by atoms with Crippen molar-refractivity contribution in [2.45, 2.75) is 53.4 Å². The Balaban J connectivity index is 1.98.